The summed E-state index contributed by atoms with van der Waals surface area (Å²) < 4.78 is 12.7. The number of nitrogens with zero attached hydrogens (tertiary/aromatic N) is 4. The van der Waals surface area contributed by atoms with E-state index in [9.17, 15) is 14.9 Å². The molecule has 142 valence electrons. The van der Waals surface area contributed by atoms with Crippen LogP contribution in [0.4, 0.5) is 5.69 Å². The Balaban J connectivity index is 1.45. The second kappa shape index (κ2) is 7.35. The molecule has 0 unspecified atom stereocenters. The summed E-state index contributed by atoms with van der Waals surface area (Å²) in [5.41, 5.74) is 0.136. The summed E-state index contributed by atoms with van der Waals surface area (Å²) in [5, 5.41) is 18.0. The van der Waals surface area contributed by atoms with Gasteiger partial charge in [0.2, 0.25) is 0 Å². The summed E-state index contributed by atoms with van der Waals surface area (Å²) in [6.45, 7) is 0.495. The van der Waals surface area contributed by atoms with E-state index in [2.05, 4.69) is 15.4 Å². The minimum absolute atomic E-state index is 0.160. The second-order valence-electron chi connectivity index (χ2n) is 6.01. The van der Waals surface area contributed by atoms with Gasteiger partial charge in [0.1, 0.15) is 31.1 Å². The fraction of sp³-hybridized carbons (Fsp3) is 0.167. The van der Waals surface area contributed by atoms with Crippen molar-refractivity contribution < 1.29 is 19.2 Å². The van der Waals surface area contributed by atoms with Gasteiger partial charge in [0.15, 0.2) is 11.5 Å². The van der Waals surface area contributed by atoms with Gasteiger partial charge in [-0.1, -0.05) is 12.1 Å². The lowest BCUT2D eigenvalue weighted by molar-refractivity contribution is -0.384. The number of nitrogens with one attached hydrogen (secondary N) is 1. The molecule has 28 heavy (non-hydrogen) atoms. The Morgan fingerprint density at radius 2 is 2.11 bits per heavy atom. The molecule has 3 aromatic rings. The Bertz CT molecular complexity index is 1020. The zero-order valence-corrected chi connectivity index (χ0v) is 14.5. The number of carbonyl (C=O) groups excluding carboxylic acids is 1. The SMILES string of the molecule is O=C(NC[C@H]1COc2ccccc2O1)c1ccc(-n2cncn2)c([N+](=O)[O-])c1. The Hall–Kier alpha value is -3.95. The molecule has 1 aliphatic rings. The van der Waals surface area contributed by atoms with Crippen LogP contribution >= 0.6 is 0 Å². The molecule has 0 spiro atoms. The van der Waals surface area contributed by atoms with Crippen LogP contribution in [0.3, 0.4) is 0 Å². The molecule has 1 N–H and O–H groups in total. The van der Waals surface area contributed by atoms with Crippen LogP contribution in [-0.2, 0) is 0 Å². The fourth-order valence-corrected chi connectivity index (χ4v) is 2.81. The molecule has 0 bridgehead atoms. The van der Waals surface area contributed by atoms with Crippen molar-refractivity contribution in [3.05, 3.63) is 70.8 Å². The second-order valence-corrected chi connectivity index (χ2v) is 6.01. The van der Waals surface area contributed by atoms with Gasteiger partial charge < -0.3 is 14.8 Å². The summed E-state index contributed by atoms with van der Waals surface area (Å²) in [6.07, 6.45) is 2.26. The molecule has 4 rings (SSSR count). The number of rotatable bonds is 5. The van der Waals surface area contributed by atoms with Crippen molar-refractivity contribution in [1.29, 1.82) is 0 Å². The average molecular weight is 381 g/mol. The maximum absolute atomic E-state index is 12.4. The summed E-state index contributed by atoms with van der Waals surface area (Å²) in [4.78, 5) is 27.0. The van der Waals surface area contributed by atoms with Crippen molar-refractivity contribution in [3.8, 4) is 17.2 Å². The van der Waals surface area contributed by atoms with Gasteiger partial charge in [0.05, 0.1) is 11.5 Å². The third-order valence-corrected chi connectivity index (χ3v) is 4.16. The topological polar surface area (TPSA) is 121 Å². The highest BCUT2D eigenvalue weighted by molar-refractivity contribution is 5.95. The van der Waals surface area contributed by atoms with Crippen LogP contribution in [0.2, 0.25) is 0 Å². The molecule has 1 atom stereocenters. The zero-order valence-electron chi connectivity index (χ0n) is 14.5. The first kappa shape index (κ1) is 17.5. The van der Waals surface area contributed by atoms with Crippen molar-refractivity contribution in [3.63, 3.8) is 0 Å². The lowest BCUT2D eigenvalue weighted by atomic mass is 10.1. The van der Waals surface area contributed by atoms with E-state index in [0.717, 1.165) is 0 Å². The van der Waals surface area contributed by atoms with Crippen molar-refractivity contribution in [2.24, 2.45) is 0 Å². The standard InChI is InChI=1S/C18H15N5O5/c24-18(20-8-13-9-27-16-3-1-2-4-17(16)28-13)12-5-6-14(15(7-12)23(25)26)22-11-19-10-21-22/h1-7,10-11,13H,8-9H2,(H,20,24)/t13-/m0/s1. The quantitative estimate of drug-likeness (QED) is 0.528. The molecule has 1 amide bonds. The van der Waals surface area contributed by atoms with Gasteiger partial charge in [-0.05, 0) is 24.3 Å². The maximum atomic E-state index is 12.4. The predicted octanol–water partition coefficient (Wildman–Crippen LogP) is 1.75. The number of hydrogen-bond acceptors (Lipinski definition) is 7. The number of para-hydroxylation sites is 2. The molecule has 2 heterocycles. The van der Waals surface area contributed by atoms with E-state index < -0.39 is 10.8 Å². The van der Waals surface area contributed by atoms with Gasteiger partial charge in [-0.15, -0.1) is 0 Å². The van der Waals surface area contributed by atoms with Gasteiger partial charge in [0.25, 0.3) is 11.6 Å². The molecule has 0 aliphatic carbocycles. The Morgan fingerprint density at radius 1 is 1.29 bits per heavy atom. The van der Waals surface area contributed by atoms with Crippen LogP contribution in [0.5, 0.6) is 11.5 Å². The molecule has 0 saturated heterocycles. The van der Waals surface area contributed by atoms with Gasteiger partial charge in [-0.3, -0.25) is 14.9 Å². The van der Waals surface area contributed by atoms with Crippen LogP contribution < -0.4 is 14.8 Å². The molecular weight excluding hydrogens is 366 g/mol. The summed E-state index contributed by atoms with van der Waals surface area (Å²) >= 11 is 0. The Kier molecular flexibility index (Phi) is 4.58. The zero-order chi connectivity index (χ0) is 19.5. The molecule has 10 heteroatoms. The first-order chi connectivity index (χ1) is 13.6. The average Bonchev–Trinajstić information content (AvgIpc) is 3.26. The lowest BCUT2D eigenvalue weighted by Crippen LogP contribution is -2.40. The van der Waals surface area contributed by atoms with Crippen molar-refractivity contribution in [1.82, 2.24) is 20.1 Å². The van der Waals surface area contributed by atoms with Crippen molar-refractivity contribution >= 4 is 11.6 Å². The van der Waals surface area contributed by atoms with Gasteiger partial charge in [-0.25, -0.2) is 9.67 Å². The van der Waals surface area contributed by atoms with Crippen LogP contribution in [0.1, 0.15) is 10.4 Å². The van der Waals surface area contributed by atoms with E-state index in [1.165, 1.54) is 35.5 Å². The number of ether oxygens (including phenoxy) is 2. The minimum atomic E-state index is -0.567. The van der Waals surface area contributed by atoms with E-state index in [1.54, 1.807) is 12.1 Å². The molecular formula is C18H15N5O5. The Labute approximate surface area is 158 Å². The van der Waals surface area contributed by atoms with E-state index in [4.69, 9.17) is 9.47 Å². The molecule has 0 radical (unpaired) electrons. The number of benzene rings is 2. The highest BCUT2D eigenvalue weighted by Gasteiger charge is 2.23. The minimum Gasteiger partial charge on any atom is -0.486 e. The van der Waals surface area contributed by atoms with E-state index in [1.807, 2.05) is 12.1 Å². The smallest absolute Gasteiger partial charge is 0.295 e. The monoisotopic (exact) mass is 381 g/mol. The highest BCUT2D eigenvalue weighted by atomic mass is 16.6. The lowest BCUT2D eigenvalue weighted by Gasteiger charge is -2.26. The van der Waals surface area contributed by atoms with Crippen LogP contribution in [0.25, 0.3) is 5.69 Å². The van der Waals surface area contributed by atoms with Crippen molar-refractivity contribution in [2.75, 3.05) is 13.2 Å². The van der Waals surface area contributed by atoms with Crippen LogP contribution in [-0.4, -0.2) is 44.9 Å². The van der Waals surface area contributed by atoms with E-state index >= 15 is 0 Å². The molecule has 1 aliphatic heterocycles. The van der Waals surface area contributed by atoms with E-state index in [0.29, 0.717) is 18.1 Å². The van der Waals surface area contributed by atoms with Crippen LogP contribution in [0, 0.1) is 10.1 Å². The maximum Gasteiger partial charge on any atom is 0.295 e. The number of nitro groups is 1. The third-order valence-electron chi connectivity index (χ3n) is 4.16. The first-order valence-electron chi connectivity index (χ1n) is 8.42. The molecule has 1 aromatic heterocycles. The summed E-state index contributed by atoms with van der Waals surface area (Å²) in [6, 6.07) is 11.4. The van der Waals surface area contributed by atoms with Gasteiger partial charge in [-0.2, -0.15) is 5.10 Å². The fourth-order valence-electron chi connectivity index (χ4n) is 2.81. The third kappa shape index (κ3) is 3.47. The van der Waals surface area contributed by atoms with E-state index in [-0.39, 0.29) is 29.6 Å². The first-order valence-corrected chi connectivity index (χ1v) is 8.42. The molecule has 0 fully saturated rings. The highest BCUT2D eigenvalue weighted by Crippen LogP contribution is 2.30. The molecule has 0 saturated carbocycles. The largest absolute Gasteiger partial charge is 0.486 e. The summed E-state index contributed by atoms with van der Waals surface area (Å²) in [7, 11) is 0. The number of fused-ring (bicyclic) bond motifs is 1. The van der Waals surface area contributed by atoms with Gasteiger partial charge in [0, 0.05) is 11.6 Å². The van der Waals surface area contributed by atoms with Gasteiger partial charge >= 0.3 is 0 Å². The number of aromatic nitrogens is 3. The number of nitro benzene ring substituents is 1. The molecule has 10 nitrogen and oxygen atoms in total. The Morgan fingerprint density at radius 3 is 2.86 bits per heavy atom. The predicted molar refractivity (Wildman–Crippen MR) is 96.7 cm³/mol. The van der Waals surface area contributed by atoms with Crippen molar-refractivity contribution in [2.45, 2.75) is 6.10 Å². The number of hydrogen-bond donors (Lipinski definition) is 1. The molecule has 2 aromatic carbocycles. The number of carbonyl (C=O) groups is 1. The number of amides is 1. The normalized spacial score (nSPS) is 15.1. The summed E-state index contributed by atoms with van der Waals surface area (Å²) in [5.74, 6) is 0.820. The van der Waals surface area contributed by atoms with Crippen LogP contribution in [0.15, 0.2) is 55.1 Å².